The minimum Gasteiger partial charge on any atom is -0.373 e. The first-order chi connectivity index (χ1) is 8.42. The summed E-state index contributed by atoms with van der Waals surface area (Å²) in [4.78, 5) is 0. The lowest BCUT2D eigenvalue weighted by atomic mass is 10.0. The molecule has 2 saturated heterocycles. The Morgan fingerprint density at radius 1 is 1.00 bits per heavy atom. The fraction of sp³-hybridized carbons (Fsp3) is 0.571. The number of hydrogen-bond acceptors (Lipinski definition) is 3. The van der Waals surface area contributed by atoms with Crippen LogP contribution in [0.3, 0.4) is 0 Å². The Bertz CT molecular complexity index is 405. The summed E-state index contributed by atoms with van der Waals surface area (Å²) in [6.45, 7) is 1.56. The molecule has 3 heteroatoms. The lowest BCUT2D eigenvalue weighted by Crippen LogP contribution is -2.46. The van der Waals surface area contributed by atoms with Gasteiger partial charge in [-0.3, -0.25) is 0 Å². The Labute approximate surface area is 101 Å². The molecule has 2 heterocycles. The largest absolute Gasteiger partial charge is 0.373 e. The van der Waals surface area contributed by atoms with E-state index in [0.717, 1.165) is 18.1 Å². The van der Waals surface area contributed by atoms with E-state index >= 15 is 0 Å². The second kappa shape index (κ2) is 3.80. The molecule has 1 aliphatic carbocycles. The van der Waals surface area contributed by atoms with Crippen molar-refractivity contribution in [2.24, 2.45) is 11.8 Å². The molecule has 3 aliphatic rings. The highest BCUT2D eigenvalue weighted by atomic mass is 16.7. The van der Waals surface area contributed by atoms with Gasteiger partial charge < -0.3 is 14.2 Å². The van der Waals surface area contributed by atoms with Gasteiger partial charge in [-0.25, -0.2) is 0 Å². The van der Waals surface area contributed by atoms with Crippen LogP contribution in [0, 0.1) is 11.8 Å². The van der Waals surface area contributed by atoms with Crippen LogP contribution in [0.2, 0.25) is 0 Å². The van der Waals surface area contributed by atoms with E-state index in [9.17, 15) is 0 Å². The zero-order chi connectivity index (χ0) is 11.2. The van der Waals surface area contributed by atoms with Crippen LogP contribution in [0.1, 0.15) is 18.3 Å². The monoisotopic (exact) mass is 232 g/mol. The third-order valence-electron chi connectivity index (χ3n) is 4.05. The second-order valence-electron chi connectivity index (χ2n) is 5.21. The van der Waals surface area contributed by atoms with E-state index in [4.69, 9.17) is 14.2 Å². The van der Waals surface area contributed by atoms with Crippen LogP contribution in [-0.2, 0) is 14.2 Å². The van der Waals surface area contributed by atoms with Gasteiger partial charge in [-0.1, -0.05) is 30.3 Å². The molecule has 5 atom stereocenters. The van der Waals surface area contributed by atoms with Crippen LogP contribution >= 0.6 is 0 Å². The van der Waals surface area contributed by atoms with Crippen molar-refractivity contribution in [3.63, 3.8) is 0 Å². The standard InChI is InChI=1S/C14H16O3/c1-2-4-9(5-3-1)14-16-8-12-13(17-14)11-6-10(11)7-15-12/h1-5,10-14H,6-8H2/t10-,11-,12?,13?,14+/m0/s1. The van der Waals surface area contributed by atoms with Gasteiger partial charge in [0.05, 0.1) is 19.3 Å². The van der Waals surface area contributed by atoms with E-state index in [2.05, 4.69) is 12.1 Å². The molecule has 0 spiro atoms. The molecule has 0 amide bonds. The van der Waals surface area contributed by atoms with Gasteiger partial charge in [-0.2, -0.15) is 0 Å². The van der Waals surface area contributed by atoms with Gasteiger partial charge in [-0.15, -0.1) is 0 Å². The van der Waals surface area contributed by atoms with Crippen LogP contribution < -0.4 is 0 Å². The topological polar surface area (TPSA) is 27.7 Å². The Balaban J connectivity index is 1.53. The fourth-order valence-electron chi connectivity index (χ4n) is 2.96. The molecule has 4 rings (SSSR count). The van der Waals surface area contributed by atoms with E-state index in [1.807, 2.05) is 18.2 Å². The maximum atomic E-state index is 6.08. The van der Waals surface area contributed by atoms with E-state index in [-0.39, 0.29) is 18.5 Å². The van der Waals surface area contributed by atoms with Gasteiger partial charge in [0, 0.05) is 5.56 Å². The molecule has 3 fully saturated rings. The van der Waals surface area contributed by atoms with Gasteiger partial charge in [-0.05, 0) is 18.3 Å². The Morgan fingerprint density at radius 2 is 1.88 bits per heavy atom. The van der Waals surface area contributed by atoms with Crippen LogP contribution in [0.15, 0.2) is 30.3 Å². The number of benzene rings is 1. The van der Waals surface area contributed by atoms with Crippen molar-refractivity contribution < 1.29 is 14.2 Å². The smallest absolute Gasteiger partial charge is 0.184 e. The molecule has 2 unspecified atom stereocenters. The summed E-state index contributed by atoms with van der Waals surface area (Å²) in [6, 6.07) is 10.2. The van der Waals surface area contributed by atoms with Crippen molar-refractivity contribution in [2.75, 3.05) is 13.2 Å². The molecular weight excluding hydrogens is 216 g/mol. The van der Waals surface area contributed by atoms with Crippen molar-refractivity contribution in [2.45, 2.75) is 24.9 Å². The molecule has 3 nitrogen and oxygen atoms in total. The average molecular weight is 232 g/mol. The molecule has 2 aliphatic heterocycles. The second-order valence-corrected chi connectivity index (χ2v) is 5.21. The van der Waals surface area contributed by atoms with Crippen LogP contribution in [0.5, 0.6) is 0 Å². The first kappa shape index (κ1) is 10.1. The first-order valence-corrected chi connectivity index (χ1v) is 6.35. The van der Waals surface area contributed by atoms with Gasteiger partial charge in [0.1, 0.15) is 6.10 Å². The molecule has 0 N–H and O–H groups in total. The summed E-state index contributed by atoms with van der Waals surface area (Å²) in [6.07, 6.45) is 1.45. The third-order valence-corrected chi connectivity index (χ3v) is 4.05. The predicted molar refractivity (Wildman–Crippen MR) is 61.3 cm³/mol. The molecule has 0 radical (unpaired) electrons. The maximum Gasteiger partial charge on any atom is 0.184 e. The minimum absolute atomic E-state index is 0.152. The minimum atomic E-state index is -0.208. The van der Waals surface area contributed by atoms with Crippen molar-refractivity contribution in [3.05, 3.63) is 35.9 Å². The number of hydrogen-bond donors (Lipinski definition) is 0. The number of rotatable bonds is 1. The summed E-state index contributed by atoms with van der Waals surface area (Å²) >= 11 is 0. The highest BCUT2D eigenvalue weighted by Gasteiger charge is 2.53. The SMILES string of the molecule is c1ccc([C@@H]2OCC3OC[C@@H]4C[C@@H]4C3O2)cc1. The molecule has 17 heavy (non-hydrogen) atoms. The van der Waals surface area contributed by atoms with E-state index in [1.54, 1.807) is 0 Å². The number of fused-ring (bicyclic) bond motifs is 3. The van der Waals surface area contributed by atoms with E-state index in [0.29, 0.717) is 12.5 Å². The summed E-state index contributed by atoms with van der Waals surface area (Å²) in [7, 11) is 0. The predicted octanol–water partition coefficient (Wildman–Crippen LogP) is 2.14. The van der Waals surface area contributed by atoms with Gasteiger partial charge in [0.25, 0.3) is 0 Å². The van der Waals surface area contributed by atoms with E-state index < -0.39 is 0 Å². The quantitative estimate of drug-likeness (QED) is 0.742. The maximum absolute atomic E-state index is 6.08. The molecule has 0 aromatic heterocycles. The van der Waals surface area contributed by atoms with Crippen LogP contribution in [0.4, 0.5) is 0 Å². The summed E-state index contributed by atoms with van der Waals surface area (Å²) in [5.74, 6) is 1.45. The van der Waals surface area contributed by atoms with Crippen LogP contribution in [-0.4, -0.2) is 25.4 Å². The fourth-order valence-corrected chi connectivity index (χ4v) is 2.96. The first-order valence-electron chi connectivity index (χ1n) is 6.35. The molecule has 1 aromatic carbocycles. The molecule has 1 aromatic rings. The van der Waals surface area contributed by atoms with E-state index in [1.165, 1.54) is 6.42 Å². The zero-order valence-electron chi connectivity index (χ0n) is 9.62. The summed E-state index contributed by atoms with van der Waals surface area (Å²) in [5, 5.41) is 0. The summed E-state index contributed by atoms with van der Waals surface area (Å²) in [5.41, 5.74) is 1.11. The normalized spacial score (nSPS) is 43.6. The third kappa shape index (κ3) is 1.69. The Kier molecular flexibility index (Phi) is 2.25. The van der Waals surface area contributed by atoms with Crippen molar-refractivity contribution in [1.29, 1.82) is 0 Å². The van der Waals surface area contributed by atoms with Crippen molar-refractivity contribution >= 4 is 0 Å². The molecular formula is C14H16O3. The lowest BCUT2D eigenvalue weighted by Gasteiger charge is -2.39. The highest BCUT2D eigenvalue weighted by molar-refractivity contribution is 5.16. The van der Waals surface area contributed by atoms with Crippen molar-refractivity contribution in [1.82, 2.24) is 0 Å². The Morgan fingerprint density at radius 3 is 2.76 bits per heavy atom. The summed E-state index contributed by atoms with van der Waals surface area (Å²) < 4.78 is 17.6. The zero-order valence-corrected chi connectivity index (χ0v) is 9.62. The van der Waals surface area contributed by atoms with Gasteiger partial charge in [0.2, 0.25) is 0 Å². The van der Waals surface area contributed by atoms with Gasteiger partial charge >= 0.3 is 0 Å². The molecule has 90 valence electrons. The van der Waals surface area contributed by atoms with Crippen LogP contribution in [0.25, 0.3) is 0 Å². The number of ether oxygens (including phenoxy) is 3. The Hall–Kier alpha value is -0.900. The van der Waals surface area contributed by atoms with Crippen molar-refractivity contribution in [3.8, 4) is 0 Å². The lowest BCUT2D eigenvalue weighted by molar-refractivity contribution is -0.280. The molecule has 0 bridgehead atoms. The molecule has 1 saturated carbocycles. The van der Waals surface area contributed by atoms with Gasteiger partial charge in [0.15, 0.2) is 6.29 Å². The highest BCUT2D eigenvalue weighted by Crippen LogP contribution is 2.50. The average Bonchev–Trinajstić information content (AvgIpc) is 3.19.